The van der Waals surface area contributed by atoms with Gasteiger partial charge in [-0.25, -0.2) is 9.97 Å². The lowest BCUT2D eigenvalue weighted by molar-refractivity contribution is 0.0771. The molecule has 1 aliphatic heterocycles. The van der Waals surface area contributed by atoms with Gasteiger partial charge in [0, 0.05) is 26.2 Å². The largest absolute Gasteiger partial charge is 0.341 e. The molecule has 1 N–H and O–H groups in total. The van der Waals surface area contributed by atoms with Crippen LogP contribution in [-0.4, -0.2) is 51.9 Å². The summed E-state index contributed by atoms with van der Waals surface area (Å²) in [6.07, 6.45) is 0.897. The van der Waals surface area contributed by atoms with Gasteiger partial charge >= 0.3 is 0 Å². The lowest BCUT2D eigenvalue weighted by atomic mass is 10.3. The third kappa shape index (κ3) is 3.71. The van der Waals surface area contributed by atoms with Crippen LogP contribution in [-0.2, 0) is 0 Å². The number of para-hydroxylation sites is 2. The van der Waals surface area contributed by atoms with Gasteiger partial charge in [0.2, 0.25) is 5.95 Å². The van der Waals surface area contributed by atoms with E-state index in [4.69, 9.17) is 16.6 Å². The molecule has 154 valence electrons. The molecule has 0 aliphatic carbocycles. The first kappa shape index (κ1) is 19.5. The van der Waals surface area contributed by atoms with Gasteiger partial charge in [-0.2, -0.15) is 0 Å². The Labute approximate surface area is 187 Å². The van der Waals surface area contributed by atoms with Gasteiger partial charge in [0.05, 0.1) is 25.9 Å². The highest BCUT2D eigenvalue weighted by Gasteiger charge is 2.25. The van der Waals surface area contributed by atoms with Gasteiger partial charge in [-0.1, -0.05) is 23.7 Å². The highest BCUT2D eigenvalue weighted by Crippen LogP contribution is 2.35. The zero-order valence-electron chi connectivity index (χ0n) is 16.4. The number of carbonyl (C=O) groups excluding carboxylic acids is 1. The maximum Gasteiger partial charge on any atom is 0.265 e. The molecule has 1 fully saturated rings. The van der Waals surface area contributed by atoms with E-state index < -0.39 is 0 Å². The molecular weight excluding hydrogens is 438 g/mol. The molecule has 4 heterocycles. The Morgan fingerprint density at radius 1 is 1.07 bits per heavy atom. The number of imidazole rings is 1. The topological polar surface area (TPSA) is 65.1 Å². The van der Waals surface area contributed by atoms with Gasteiger partial charge in [0.15, 0.2) is 0 Å². The number of rotatable bonds is 3. The van der Waals surface area contributed by atoms with E-state index >= 15 is 0 Å². The fourth-order valence-corrected chi connectivity index (χ4v) is 5.83. The molecule has 1 saturated heterocycles. The average Bonchev–Trinajstić information content (AvgIpc) is 3.41. The molecule has 3 aromatic heterocycles. The predicted octanol–water partition coefficient (Wildman–Crippen LogP) is 5.06. The van der Waals surface area contributed by atoms with Gasteiger partial charge in [-0.3, -0.25) is 4.79 Å². The number of anilines is 1. The van der Waals surface area contributed by atoms with E-state index in [-0.39, 0.29) is 5.91 Å². The molecule has 1 aliphatic rings. The van der Waals surface area contributed by atoms with Crippen LogP contribution in [0.25, 0.3) is 20.9 Å². The van der Waals surface area contributed by atoms with Gasteiger partial charge in [0.25, 0.3) is 5.91 Å². The number of amides is 1. The van der Waals surface area contributed by atoms with E-state index in [0.717, 1.165) is 63.0 Å². The number of aromatic nitrogens is 3. The Kier molecular flexibility index (Phi) is 5.22. The molecular formula is C21H20ClN5OS2. The molecule has 6 nitrogen and oxygen atoms in total. The molecule has 1 amide bonds. The van der Waals surface area contributed by atoms with E-state index in [1.54, 1.807) is 0 Å². The molecule has 0 radical (unpaired) electrons. The van der Waals surface area contributed by atoms with Crippen LogP contribution in [0.1, 0.15) is 21.8 Å². The Hall–Kier alpha value is -2.42. The number of nitrogens with one attached hydrogen (secondary N) is 1. The van der Waals surface area contributed by atoms with Crippen molar-refractivity contribution >= 4 is 57.2 Å². The lowest BCUT2D eigenvalue weighted by Crippen LogP contribution is -2.35. The first-order valence-corrected chi connectivity index (χ1v) is 11.8. The highest BCUT2D eigenvalue weighted by molar-refractivity contribution is 7.24. The summed E-state index contributed by atoms with van der Waals surface area (Å²) < 4.78 is 0.726. The van der Waals surface area contributed by atoms with Crippen LogP contribution in [0.3, 0.4) is 0 Å². The second-order valence-corrected chi connectivity index (χ2v) is 9.96. The number of halogens is 1. The van der Waals surface area contributed by atoms with Gasteiger partial charge in [0.1, 0.15) is 9.88 Å². The van der Waals surface area contributed by atoms with Crippen LogP contribution in [0.5, 0.6) is 0 Å². The SMILES string of the molecule is Cc1nc(-c2ccc(Cl)s2)sc1C(=O)N1CCCN(c2nc3ccccc3[nH]2)CC1. The summed E-state index contributed by atoms with van der Waals surface area (Å²) in [5, 5.41) is 0.853. The Balaban J connectivity index is 1.32. The summed E-state index contributed by atoms with van der Waals surface area (Å²) in [7, 11) is 0. The van der Waals surface area contributed by atoms with Crippen molar-refractivity contribution in [3.05, 3.63) is 51.3 Å². The quantitative estimate of drug-likeness (QED) is 0.467. The lowest BCUT2D eigenvalue weighted by Gasteiger charge is -2.21. The molecule has 5 rings (SSSR count). The zero-order valence-corrected chi connectivity index (χ0v) is 18.8. The number of carbonyl (C=O) groups is 1. The number of benzene rings is 1. The maximum atomic E-state index is 13.2. The number of aromatic amines is 1. The number of hydrogen-bond donors (Lipinski definition) is 1. The molecule has 9 heteroatoms. The van der Waals surface area contributed by atoms with E-state index in [9.17, 15) is 4.79 Å². The molecule has 0 atom stereocenters. The summed E-state index contributed by atoms with van der Waals surface area (Å²) in [4.78, 5) is 31.8. The Bertz CT molecular complexity index is 1180. The smallest absolute Gasteiger partial charge is 0.265 e. The van der Waals surface area contributed by atoms with Gasteiger partial charge in [-0.15, -0.1) is 22.7 Å². The van der Waals surface area contributed by atoms with Crippen LogP contribution in [0.4, 0.5) is 5.95 Å². The van der Waals surface area contributed by atoms with E-state index in [1.807, 2.05) is 48.2 Å². The number of nitrogens with zero attached hydrogens (tertiary/aromatic N) is 4. The molecule has 4 aromatic rings. The highest BCUT2D eigenvalue weighted by atomic mass is 35.5. The van der Waals surface area contributed by atoms with E-state index in [2.05, 4.69) is 14.9 Å². The monoisotopic (exact) mass is 457 g/mol. The third-order valence-electron chi connectivity index (χ3n) is 5.23. The summed E-state index contributed by atoms with van der Waals surface area (Å²) in [6, 6.07) is 11.9. The fraction of sp³-hybridized carbons (Fsp3) is 0.286. The minimum Gasteiger partial charge on any atom is -0.341 e. The molecule has 0 spiro atoms. The van der Waals surface area contributed by atoms with Crippen LogP contribution in [0, 0.1) is 6.92 Å². The molecule has 0 bridgehead atoms. The van der Waals surface area contributed by atoms with Gasteiger partial charge in [-0.05, 0) is 37.6 Å². The minimum absolute atomic E-state index is 0.0605. The number of aryl methyl sites for hydroxylation is 1. The fourth-order valence-electron chi connectivity index (χ4n) is 3.69. The Morgan fingerprint density at radius 3 is 2.73 bits per heavy atom. The number of hydrogen-bond acceptors (Lipinski definition) is 6. The normalized spacial score (nSPS) is 15.0. The van der Waals surface area contributed by atoms with Gasteiger partial charge < -0.3 is 14.8 Å². The van der Waals surface area contributed by atoms with Crippen molar-refractivity contribution in [1.82, 2.24) is 19.9 Å². The number of thiophene rings is 1. The number of thiazole rings is 1. The summed E-state index contributed by atoms with van der Waals surface area (Å²) in [5.41, 5.74) is 2.78. The van der Waals surface area contributed by atoms with Crippen molar-refractivity contribution < 1.29 is 4.79 Å². The second kappa shape index (κ2) is 8.02. The maximum absolute atomic E-state index is 13.2. The van der Waals surface area contributed by atoms with E-state index in [1.165, 1.54) is 22.7 Å². The molecule has 1 aromatic carbocycles. The van der Waals surface area contributed by atoms with Crippen molar-refractivity contribution in [2.24, 2.45) is 0 Å². The average molecular weight is 458 g/mol. The summed E-state index contributed by atoms with van der Waals surface area (Å²) in [5.74, 6) is 0.932. The zero-order chi connectivity index (χ0) is 20.7. The van der Waals surface area contributed by atoms with Crippen LogP contribution < -0.4 is 4.90 Å². The van der Waals surface area contributed by atoms with Crippen molar-refractivity contribution in [3.63, 3.8) is 0 Å². The first-order chi connectivity index (χ1) is 14.6. The number of H-pyrrole nitrogens is 1. The summed E-state index contributed by atoms with van der Waals surface area (Å²) >= 11 is 8.99. The van der Waals surface area contributed by atoms with Crippen LogP contribution in [0.2, 0.25) is 4.34 Å². The molecule has 0 unspecified atom stereocenters. The van der Waals surface area contributed by atoms with E-state index in [0.29, 0.717) is 11.4 Å². The van der Waals surface area contributed by atoms with Crippen molar-refractivity contribution in [3.8, 4) is 9.88 Å². The number of fused-ring (bicyclic) bond motifs is 1. The second-order valence-electron chi connectivity index (χ2n) is 7.25. The summed E-state index contributed by atoms with van der Waals surface area (Å²) in [6.45, 7) is 4.91. The van der Waals surface area contributed by atoms with Crippen LogP contribution in [0.15, 0.2) is 36.4 Å². The third-order valence-corrected chi connectivity index (χ3v) is 7.78. The van der Waals surface area contributed by atoms with Crippen molar-refractivity contribution in [2.75, 3.05) is 31.1 Å². The standard InChI is InChI=1S/C21H20ClN5OS2/c1-13-18(30-19(23-13)16-7-8-17(22)29-16)20(28)26-9-4-10-27(12-11-26)21-24-14-5-2-3-6-15(14)25-21/h2-3,5-8H,4,9-12H2,1H3,(H,24,25). The molecule has 30 heavy (non-hydrogen) atoms. The minimum atomic E-state index is 0.0605. The first-order valence-electron chi connectivity index (χ1n) is 9.80. The predicted molar refractivity (Wildman–Crippen MR) is 124 cm³/mol. The Morgan fingerprint density at radius 2 is 1.93 bits per heavy atom. The molecule has 0 saturated carbocycles. The van der Waals surface area contributed by atoms with Crippen molar-refractivity contribution in [2.45, 2.75) is 13.3 Å². The van der Waals surface area contributed by atoms with Crippen molar-refractivity contribution in [1.29, 1.82) is 0 Å². The van der Waals surface area contributed by atoms with Crippen LogP contribution >= 0.6 is 34.3 Å².